The fourth-order valence-electron chi connectivity index (χ4n) is 4.58. The molecule has 2 heterocycles. The van der Waals surface area contributed by atoms with Gasteiger partial charge in [-0.1, -0.05) is 29.8 Å². The zero-order chi connectivity index (χ0) is 23.4. The molecule has 3 fully saturated rings. The fourth-order valence-corrected chi connectivity index (χ4v) is 7.77. The summed E-state index contributed by atoms with van der Waals surface area (Å²) >= 11 is 7.67. The van der Waals surface area contributed by atoms with E-state index in [0.29, 0.717) is 25.7 Å². The molecule has 5 rings (SSSR count). The van der Waals surface area contributed by atoms with Crippen molar-refractivity contribution in [2.24, 2.45) is 0 Å². The van der Waals surface area contributed by atoms with Crippen LogP contribution in [0.15, 0.2) is 46.7 Å². The number of halogens is 1. The summed E-state index contributed by atoms with van der Waals surface area (Å²) in [6, 6.07) is 11.2. The predicted molar refractivity (Wildman–Crippen MR) is 123 cm³/mol. The lowest BCUT2D eigenvalue weighted by Crippen LogP contribution is -2.51. The highest BCUT2D eigenvalue weighted by molar-refractivity contribution is 7.92. The van der Waals surface area contributed by atoms with E-state index < -0.39 is 38.0 Å². The van der Waals surface area contributed by atoms with Gasteiger partial charge in [0.25, 0.3) is 0 Å². The van der Waals surface area contributed by atoms with Crippen LogP contribution in [0.3, 0.4) is 0 Å². The summed E-state index contributed by atoms with van der Waals surface area (Å²) in [6.07, 6.45) is 2.41. The van der Waals surface area contributed by atoms with Crippen molar-refractivity contribution in [3.63, 3.8) is 0 Å². The number of carbonyl (C=O) groups is 2. The number of nitrogens with one attached hydrogen (secondary N) is 1. The van der Waals surface area contributed by atoms with E-state index in [2.05, 4.69) is 11.4 Å². The molecule has 172 valence electrons. The second-order valence-corrected chi connectivity index (χ2v) is 12.6. The molecule has 7 nitrogen and oxygen atoms in total. The van der Waals surface area contributed by atoms with E-state index >= 15 is 0 Å². The van der Waals surface area contributed by atoms with Crippen molar-refractivity contribution in [2.75, 3.05) is 6.54 Å². The van der Waals surface area contributed by atoms with E-state index in [0.717, 1.165) is 4.88 Å². The Morgan fingerprint density at radius 1 is 1.15 bits per heavy atom. The highest BCUT2D eigenvalue weighted by Gasteiger charge is 2.58. The molecule has 0 unspecified atom stereocenters. The van der Waals surface area contributed by atoms with Gasteiger partial charge in [0.15, 0.2) is 9.84 Å². The first kappa shape index (κ1) is 22.4. The van der Waals surface area contributed by atoms with Crippen LogP contribution >= 0.6 is 22.9 Å². The summed E-state index contributed by atoms with van der Waals surface area (Å²) < 4.78 is 26.9. The highest BCUT2D eigenvalue weighted by atomic mass is 35.5. The minimum atomic E-state index is -3.88. The van der Waals surface area contributed by atoms with Crippen LogP contribution < -0.4 is 5.32 Å². The van der Waals surface area contributed by atoms with Gasteiger partial charge in [-0.3, -0.25) is 9.59 Å². The fraction of sp³-hybridized carbons (Fsp3) is 0.435. The molecule has 0 spiro atoms. The van der Waals surface area contributed by atoms with Crippen LogP contribution in [0.2, 0.25) is 5.02 Å². The van der Waals surface area contributed by atoms with Gasteiger partial charge < -0.3 is 10.2 Å². The lowest BCUT2D eigenvalue weighted by molar-refractivity contribution is -0.140. The van der Waals surface area contributed by atoms with Gasteiger partial charge in [0, 0.05) is 11.4 Å². The van der Waals surface area contributed by atoms with Gasteiger partial charge in [0.2, 0.25) is 11.8 Å². The molecule has 3 aliphatic rings. The molecule has 1 aromatic heterocycles. The molecule has 33 heavy (non-hydrogen) atoms. The molecular formula is C23H22ClN3O4S2. The third-order valence-corrected chi connectivity index (χ3v) is 10.6. The minimum absolute atomic E-state index is 0.000189. The lowest BCUT2D eigenvalue weighted by atomic mass is 10.0. The topological polar surface area (TPSA) is 107 Å². The van der Waals surface area contributed by atoms with E-state index in [1.54, 1.807) is 12.1 Å². The Kier molecular flexibility index (Phi) is 5.31. The number of likely N-dealkylation sites (tertiary alicyclic amines) is 1. The number of nitriles is 1. The maximum atomic E-state index is 13.7. The van der Waals surface area contributed by atoms with Gasteiger partial charge >= 0.3 is 0 Å². The smallest absolute Gasteiger partial charge is 0.244 e. The maximum Gasteiger partial charge on any atom is 0.244 e. The van der Waals surface area contributed by atoms with Crippen LogP contribution in [-0.4, -0.2) is 48.5 Å². The molecule has 2 aliphatic carbocycles. The highest BCUT2D eigenvalue weighted by Crippen LogP contribution is 2.52. The Hall–Kier alpha value is -2.41. The summed E-state index contributed by atoms with van der Waals surface area (Å²) in [5.41, 5.74) is -1.60. The first-order chi connectivity index (χ1) is 15.7. The third-order valence-electron chi connectivity index (χ3n) is 6.89. The van der Waals surface area contributed by atoms with Crippen molar-refractivity contribution in [1.82, 2.24) is 10.2 Å². The monoisotopic (exact) mass is 503 g/mol. The summed E-state index contributed by atoms with van der Waals surface area (Å²) in [7, 11) is -3.88. The molecule has 2 aromatic rings. The molecule has 1 aromatic carbocycles. The quantitative estimate of drug-likeness (QED) is 0.652. The molecule has 2 saturated carbocycles. The van der Waals surface area contributed by atoms with Gasteiger partial charge in [-0.05, 0) is 55.7 Å². The maximum absolute atomic E-state index is 13.7. The molecular weight excluding hydrogens is 482 g/mol. The number of carbonyl (C=O) groups excluding carboxylic acids is 2. The van der Waals surface area contributed by atoms with Crippen LogP contribution in [-0.2, 0) is 24.8 Å². The molecule has 1 aliphatic heterocycles. The molecule has 2 atom stereocenters. The number of nitrogens with zero attached hydrogens (tertiary/aromatic N) is 2. The predicted octanol–water partition coefficient (Wildman–Crippen LogP) is 3.05. The Morgan fingerprint density at radius 2 is 1.88 bits per heavy atom. The van der Waals surface area contributed by atoms with Crippen LogP contribution in [0.25, 0.3) is 0 Å². The van der Waals surface area contributed by atoms with Crippen LogP contribution in [0.4, 0.5) is 0 Å². The van der Waals surface area contributed by atoms with Crippen LogP contribution in [0, 0.1) is 11.3 Å². The Labute approximate surface area is 201 Å². The number of sulfone groups is 1. The Balaban J connectivity index is 1.47. The summed E-state index contributed by atoms with van der Waals surface area (Å²) in [4.78, 5) is 29.3. The number of hydrogen-bond donors (Lipinski definition) is 1. The second-order valence-electron chi connectivity index (χ2n) is 9.05. The standard InChI is InChI=1S/C23H22ClN3O4S2/c24-16-4-1-2-5-18(16)33(30,31)15-12-17(20(28)26-22(14-25)7-8-22)27(13-15)21(29)23(9-10-23)19-6-3-11-32-19/h1-6,11,15,17H,7-10,12-13H2,(H,26,28)/t15-,17+/m1/s1. The summed E-state index contributed by atoms with van der Waals surface area (Å²) in [5, 5.41) is 13.2. The zero-order valence-corrected chi connectivity index (χ0v) is 20.0. The van der Waals surface area contributed by atoms with E-state index in [1.807, 2.05) is 17.5 Å². The molecule has 1 N–H and O–H groups in total. The van der Waals surface area contributed by atoms with Crippen molar-refractivity contribution < 1.29 is 18.0 Å². The number of rotatable bonds is 6. The molecule has 0 radical (unpaired) electrons. The normalized spacial score (nSPS) is 24.7. The van der Waals surface area contributed by atoms with Gasteiger partial charge in [0.1, 0.15) is 11.6 Å². The average Bonchev–Trinajstić information content (AvgIpc) is 3.64. The second kappa shape index (κ2) is 7.83. The van der Waals surface area contributed by atoms with E-state index in [-0.39, 0.29) is 28.8 Å². The molecule has 10 heteroatoms. The van der Waals surface area contributed by atoms with E-state index in [9.17, 15) is 23.3 Å². The molecule has 0 bridgehead atoms. The third kappa shape index (κ3) is 3.74. The zero-order valence-electron chi connectivity index (χ0n) is 17.7. The van der Waals surface area contributed by atoms with Gasteiger partial charge in [-0.2, -0.15) is 5.26 Å². The van der Waals surface area contributed by atoms with Crippen molar-refractivity contribution in [1.29, 1.82) is 5.26 Å². The number of amides is 2. The summed E-state index contributed by atoms with van der Waals surface area (Å²) in [6.45, 7) is -0.0862. The minimum Gasteiger partial charge on any atom is -0.336 e. The first-order valence-corrected chi connectivity index (χ1v) is 13.6. The Morgan fingerprint density at radius 3 is 2.45 bits per heavy atom. The average molecular weight is 504 g/mol. The largest absolute Gasteiger partial charge is 0.336 e. The number of benzene rings is 1. The molecule has 2 amide bonds. The van der Waals surface area contributed by atoms with Crippen LogP contribution in [0.1, 0.15) is 37.0 Å². The van der Waals surface area contributed by atoms with E-state index in [4.69, 9.17) is 11.6 Å². The van der Waals surface area contributed by atoms with E-state index in [1.165, 1.54) is 28.4 Å². The Bertz CT molecular complexity index is 1260. The lowest BCUT2D eigenvalue weighted by Gasteiger charge is -2.28. The van der Waals surface area contributed by atoms with Gasteiger partial charge in [-0.15, -0.1) is 11.3 Å². The van der Waals surface area contributed by atoms with Gasteiger partial charge in [0.05, 0.1) is 26.7 Å². The van der Waals surface area contributed by atoms with Crippen LogP contribution in [0.5, 0.6) is 0 Å². The number of hydrogen-bond acceptors (Lipinski definition) is 6. The van der Waals surface area contributed by atoms with Crippen molar-refractivity contribution in [3.05, 3.63) is 51.7 Å². The SMILES string of the molecule is N#CC1(NC(=O)[C@@H]2C[C@@H](S(=O)(=O)c3ccccc3Cl)CN2C(=O)C2(c3cccs3)CC2)CC1. The number of thiophene rings is 1. The van der Waals surface area contributed by atoms with Crippen molar-refractivity contribution >= 4 is 44.6 Å². The first-order valence-electron chi connectivity index (χ1n) is 10.8. The van der Waals surface area contributed by atoms with Crippen molar-refractivity contribution in [3.8, 4) is 6.07 Å². The summed E-state index contributed by atoms with van der Waals surface area (Å²) in [5.74, 6) is -0.690. The van der Waals surface area contributed by atoms with Gasteiger partial charge in [-0.25, -0.2) is 8.42 Å². The molecule has 1 saturated heterocycles. The van der Waals surface area contributed by atoms with Crippen molar-refractivity contribution in [2.45, 2.75) is 59.2 Å².